The van der Waals surface area contributed by atoms with Crippen molar-refractivity contribution in [3.63, 3.8) is 0 Å². The van der Waals surface area contributed by atoms with Crippen LogP contribution in [0, 0.1) is 5.92 Å². The minimum absolute atomic E-state index is 0.0473. The van der Waals surface area contributed by atoms with E-state index >= 15 is 0 Å². The summed E-state index contributed by atoms with van der Waals surface area (Å²) in [6, 6.07) is 10.3. The Labute approximate surface area is 180 Å². The van der Waals surface area contributed by atoms with Crippen LogP contribution in [0.15, 0.2) is 30.3 Å². The predicted molar refractivity (Wildman–Crippen MR) is 117 cm³/mol. The van der Waals surface area contributed by atoms with Crippen LogP contribution in [-0.2, 0) is 14.3 Å². The van der Waals surface area contributed by atoms with Crippen molar-refractivity contribution >= 4 is 11.8 Å². The van der Waals surface area contributed by atoms with E-state index in [0.717, 1.165) is 38.2 Å². The lowest BCUT2D eigenvalue weighted by Crippen LogP contribution is -2.53. The van der Waals surface area contributed by atoms with Crippen LogP contribution in [0.3, 0.4) is 0 Å². The van der Waals surface area contributed by atoms with E-state index in [-0.39, 0.29) is 17.9 Å². The highest BCUT2D eigenvalue weighted by atomic mass is 16.5. The normalized spacial score (nSPS) is 19.6. The Kier molecular flexibility index (Phi) is 8.66. The Morgan fingerprint density at radius 3 is 2.13 bits per heavy atom. The number of carbonyl (C=O) groups excluding carboxylic acids is 2. The highest BCUT2D eigenvalue weighted by Gasteiger charge is 2.24. The van der Waals surface area contributed by atoms with Crippen LogP contribution in [0.1, 0.15) is 31.9 Å². The van der Waals surface area contributed by atoms with E-state index in [1.807, 2.05) is 23.1 Å². The third kappa shape index (κ3) is 7.07. The fourth-order valence-corrected chi connectivity index (χ4v) is 4.09. The van der Waals surface area contributed by atoms with Gasteiger partial charge in [0.05, 0.1) is 32.3 Å². The van der Waals surface area contributed by atoms with Gasteiger partial charge in [0.2, 0.25) is 11.8 Å². The largest absolute Gasteiger partial charge is 0.378 e. The molecule has 1 aromatic rings. The van der Waals surface area contributed by atoms with Gasteiger partial charge in [-0.2, -0.15) is 0 Å². The van der Waals surface area contributed by atoms with E-state index in [1.165, 1.54) is 0 Å². The summed E-state index contributed by atoms with van der Waals surface area (Å²) in [4.78, 5) is 31.4. The number of ether oxygens (including phenoxy) is 1. The molecule has 0 radical (unpaired) electrons. The van der Waals surface area contributed by atoms with Gasteiger partial charge in [-0.25, -0.2) is 0 Å². The molecule has 1 aromatic carbocycles. The lowest BCUT2D eigenvalue weighted by molar-refractivity contribution is -0.137. The third-order valence-electron chi connectivity index (χ3n) is 5.80. The molecule has 1 N–H and O–H groups in total. The zero-order valence-electron chi connectivity index (χ0n) is 18.4. The highest BCUT2D eigenvalue weighted by molar-refractivity contribution is 5.79. The van der Waals surface area contributed by atoms with Crippen LogP contribution >= 0.6 is 0 Å². The Bertz CT molecular complexity index is 668. The number of piperazine rings is 1. The molecular formula is C23H36N4O3. The summed E-state index contributed by atoms with van der Waals surface area (Å²) in [7, 11) is 0. The molecule has 2 amide bonds. The lowest BCUT2D eigenvalue weighted by Gasteiger charge is -2.36. The summed E-state index contributed by atoms with van der Waals surface area (Å²) in [5, 5.41) is 3.23. The predicted octanol–water partition coefficient (Wildman–Crippen LogP) is 1.37. The van der Waals surface area contributed by atoms with Gasteiger partial charge in [0.15, 0.2) is 0 Å². The number of amides is 2. The van der Waals surface area contributed by atoms with E-state index in [4.69, 9.17) is 4.74 Å². The van der Waals surface area contributed by atoms with E-state index < -0.39 is 0 Å². The fourth-order valence-electron chi connectivity index (χ4n) is 4.09. The van der Waals surface area contributed by atoms with Gasteiger partial charge in [-0.15, -0.1) is 0 Å². The van der Waals surface area contributed by atoms with E-state index in [2.05, 4.69) is 41.1 Å². The molecule has 30 heavy (non-hydrogen) atoms. The number of morpholine rings is 1. The maximum Gasteiger partial charge on any atom is 0.236 e. The maximum atomic E-state index is 12.7. The van der Waals surface area contributed by atoms with E-state index in [9.17, 15) is 9.59 Å². The van der Waals surface area contributed by atoms with Gasteiger partial charge < -0.3 is 15.0 Å². The van der Waals surface area contributed by atoms with Gasteiger partial charge in [0.1, 0.15) is 0 Å². The number of rotatable bonds is 8. The number of nitrogens with zero attached hydrogens (tertiary/aromatic N) is 3. The number of hydrogen-bond acceptors (Lipinski definition) is 5. The van der Waals surface area contributed by atoms with Gasteiger partial charge >= 0.3 is 0 Å². The molecule has 2 fully saturated rings. The lowest BCUT2D eigenvalue weighted by atomic mass is 9.97. The molecular weight excluding hydrogens is 380 g/mol. The molecule has 1 unspecified atom stereocenters. The SMILES string of the molecule is CC(C)CC(NC(=O)CN1CCN(CC(=O)N2CCOCC2)CC1)c1ccccc1. The quantitative estimate of drug-likeness (QED) is 0.693. The molecule has 1 atom stereocenters. The van der Waals surface area contributed by atoms with Gasteiger partial charge in [-0.05, 0) is 17.9 Å². The molecule has 3 rings (SSSR count). The summed E-state index contributed by atoms with van der Waals surface area (Å²) < 4.78 is 5.32. The first-order valence-electron chi connectivity index (χ1n) is 11.2. The van der Waals surface area contributed by atoms with Crippen LogP contribution in [-0.4, -0.2) is 92.1 Å². The van der Waals surface area contributed by atoms with Crippen molar-refractivity contribution < 1.29 is 14.3 Å². The van der Waals surface area contributed by atoms with Crippen molar-refractivity contribution in [2.45, 2.75) is 26.3 Å². The van der Waals surface area contributed by atoms with E-state index in [1.54, 1.807) is 0 Å². The Morgan fingerprint density at radius 1 is 0.933 bits per heavy atom. The first-order chi connectivity index (χ1) is 14.5. The van der Waals surface area contributed by atoms with Gasteiger partial charge in [0, 0.05) is 39.3 Å². The molecule has 2 saturated heterocycles. The molecule has 0 bridgehead atoms. The van der Waals surface area contributed by atoms with Gasteiger partial charge in [-0.3, -0.25) is 19.4 Å². The molecule has 166 valence electrons. The van der Waals surface area contributed by atoms with Crippen molar-refractivity contribution in [1.82, 2.24) is 20.0 Å². The topological polar surface area (TPSA) is 65.1 Å². The van der Waals surface area contributed by atoms with E-state index in [0.29, 0.717) is 45.3 Å². The second-order valence-electron chi connectivity index (χ2n) is 8.71. The summed E-state index contributed by atoms with van der Waals surface area (Å²) in [6.07, 6.45) is 0.924. The van der Waals surface area contributed by atoms with Gasteiger partial charge in [0.25, 0.3) is 0 Å². The van der Waals surface area contributed by atoms with Crippen molar-refractivity contribution in [3.05, 3.63) is 35.9 Å². The third-order valence-corrected chi connectivity index (χ3v) is 5.80. The maximum absolute atomic E-state index is 12.7. The average Bonchev–Trinajstić information content (AvgIpc) is 2.75. The van der Waals surface area contributed by atoms with Crippen LogP contribution in [0.4, 0.5) is 0 Å². The summed E-state index contributed by atoms with van der Waals surface area (Å²) in [6.45, 7) is 11.1. The molecule has 0 saturated carbocycles. The fraction of sp³-hybridized carbons (Fsp3) is 0.652. The van der Waals surface area contributed by atoms with Crippen molar-refractivity contribution in [1.29, 1.82) is 0 Å². The Hall–Kier alpha value is -1.96. The van der Waals surface area contributed by atoms with Crippen molar-refractivity contribution in [2.24, 2.45) is 5.92 Å². The van der Waals surface area contributed by atoms with Crippen LogP contribution < -0.4 is 5.32 Å². The average molecular weight is 417 g/mol. The van der Waals surface area contributed by atoms with Crippen LogP contribution in [0.5, 0.6) is 0 Å². The number of hydrogen-bond donors (Lipinski definition) is 1. The highest BCUT2D eigenvalue weighted by Crippen LogP contribution is 2.21. The zero-order chi connectivity index (χ0) is 21.3. The molecule has 0 aromatic heterocycles. The molecule has 7 nitrogen and oxygen atoms in total. The number of carbonyl (C=O) groups is 2. The molecule has 2 aliphatic rings. The van der Waals surface area contributed by atoms with Gasteiger partial charge in [-0.1, -0.05) is 44.2 Å². The summed E-state index contributed by atoms with van der Waals surface area (Å²) >= 11 is 0. The Balaban J connectivity index is 1.42. The Morgan fingerprint density at radius 2 is 1.53 bits per heavy atom. The number of benzene rings is 1. The number of nitrogens with one attached hydrogen (secondary N) is 1. The minimum atomic E-state index is 0.0473. The summed E-state index contributed by atoms with van der Waals surface area (Å²) in [5.41, 5.74) is 1.16. The molecule has 0 spiro atoms. The second kappa shape index (κ2) is 11.4. The smallest absolute Gasteiger partial charge is 0.236 e. The molecule has 2 aliphatic heterocycles. The molecule has 0 aliphatic carbocycles. The zero-order valence-corrected chi connectivity index (χ0v) is 18.4. The molecule has 7 heteroatoms. The monoisotopic (exact) mass is 416 g/mol. The first kappa shape index (κ1) is 22.7. The van der Waals surface area contributed by atoms with Crippen LogP contribution in [0.25, 0.3) is 0 Å². The van der Waals surface area contributed by atoms with Crippen LogP contribution in [0.2, 0.25) is 0 Å². The molecule has 2 heterocycles. The standard InChI is InChI=1S/C23H36N4O3/c1-19(2)16-21(20-6-4-3-5-7-20)24-22(28)17-25-8-10-26(11-9-25)18-23(29)27-12-14-30-15-13-27/h3-7,19,21H,8-18H2,1-2H3,(H,24,28). The minimum Gasteiger partial charge on any atom is -0.378 e. The first-order valence-corrected chi connectivity index (χ1v) is 11.2. The summed E-state index contributed by atoms with van der Waals surface area (Å²) in [5.74, 6) is 0.759. The second-order valence-corrected chi connectivity index (χ2v) is 8.71. The van der Waals surface area contributed by atoms with Crippen molar-refractivity contribution in [3.8, 4) is 0 Å². The van der Waals surface area contributed by atoms with Crippen molar-refractivity contribution in [2.75, 3.05) is 65.6 Å².